The molecule has 0 unspecified atom stereocenters. The molecule has 0 aromatic heterocycles. The number of hydrogen-bond donors (Lipinski definition) is 0. The Bertz CT molecular complexity index is 332. The standard InChI is InChI=1S/C13H17BrO2/c1-3-4-10(2)16-13(15)12-7-5-11(9-14)6-8-12/h5-8,10H,3-4,9H2,1-2H3/t10-/m0/s1. The van der Waals surface area contributed by atoms with Gasteiger partial charge in [-0.2, -0.15) is 0 Å². The monoisotopic (exact) mass is 284 g/mol. The summed E-state index contributed by atoms with van der Waals surface area (Å²) in [6.45, 7) is 4.00. The third kappa shape index (κ3) is 3.97. The van der Waals surface area contributed by atoms with Gasteiger partial charge < -0.3 is 4.74 Å². The van der Waals surface area contributed by atoms with Crippen molar-refractivity contribution in [1.29, 1.82) is 0 Å². The maximum Gasteiger partial charge on any atom is 0.338 e. The van der Waals surface area contributed by atoms with Crippen molar-refractivity contribution >= 4 is 21.9 Å². The molecule has 0 aliphatic carbocycles. The molecule has 0 aliphatic rings. The van der Waals surface area contributed by atoms with E-state index in [1.807, 2.05) is 19.1 Å². The normalized spacial score (nSPS) is 12.2. The van der Waals surface area contributed by atoms with E-state index in [1.54, 1.807) is 12.1 Å². The fourth-order valence-corrected chi connectivity index (χ4v) is 1.82. The average Bonchev–Trinajstić information content (AvgIpc) is 2.29. The van der Waals surface area contributed by atoms with Crippen molar-refractivity contribution in [3.05, 3.63) is 35.4 Å². The molecule has 0 heterocycles. The Morgan fingerprint density at radius 1 is 1.38 bits per heavy atom. The molecule has 0 bridgehead atoms. The Kier molecular flexibility index (Phi) is 5.53. The lowest BCUT2D eigenvalue weighted by Gasteiger charge is -2.12. The molecule has 0 saturated carbocycles. The third-order valence-corrected chi connectivity index (χ3v) is 2.99. The summed E-state index contributed by atoms with van der Waals surface area (Å²) in [4.78, 5) is 11.7. The molecule has 0 spiro atoms. The van der Waals surface area contributed by atoms with Crippen LogP contribution in [0.4, 0.5) is 0 Å². The van der Waals surface area contributed by atoms with E-state index >= 15 is 0 Å². The van der Waals surface area contributed by atoms with Crippen molar-refractivity contribution in [2.24, 2.45) is 0 Å². The first-order valence-electron chi connectivity index (χ1n) is 5.53. The molecule has 0 radical (unpaired) electrons. The molecule has 0 aliphatic heterocycles. The number of rotatable bonds is 5. The predicted octanol–water partition coefficient (Wildman–Crippen LogP) is 3.93. The van der Waals surface area contributed by atoms with Gasteiger partial charge in [-0.1, -0.05) is 41.4 Å². The first-order chi connectivity index (χ1) is 7.67. The minimum atomic E-state index is -0.234. The summed E-state index contributed by atoms with van der Waals surface area (Å²) < 4.78 is 5.30. The molecular formula is C13H17BrO2. The highest BCUT2D eigenvalue weighted by Crippen LogP contribution is 2.11. The third-order valence-electron chi connectivity index (χ3n) is 2.35. The van der Waals surface area contributed by atoms with Gasteiger partial charge in [-0.15, -0.1) is 0 Å². The van der Waals surface area contributed by atoms with Gasteiger partial charge in [0, 0.05) is 5.33 Å². The summed E-state index contributed by atoms with van der Waals surface area (Å²) in [5.41, 5.74) is 1.77. The number of esters is 1. The quantitative estimate of drug-likeness (QED) is 0.605. The lowest BCUT2D eigenvalue weighted by molar-refractivity contribution is 0.0323. The molecular weight excluding hydrogens is 268 g/mol. The summed E-state index contributed by atoms with van der Waals surface area (Å²) in [7, 11) is 0. The van der Waals surface area contributed by atoms with Crippen LogP contribution in [-0.2, 0) is 10.1 Å². The molecule has 88 valence electrons. The smallest absolute Gasteiger partial charge is 0.338 e. The van der Waals surface area contributed by atoms with Gasteiger partial charge in [0.15, 0.2) is 0 Å². The highest BCUT2D eigenvalue weighted by atomic mass is 79.9. The van der Waals surface area contributed by atoms with E-state index in [9.17, 15) is 4.79 Å². The molecule has 1 aromatic rings. The largest absolute Gasteiger partial charge is 0.459 e. The zero-order valence-electron chi connectivity index (χ0n) is 9.70. The number of benzene rings is 1. The maximum atomic E-state index is 11.7. The van der Waals surface area contributed by atoms with E-state index in [4.69, 9.17) is 4.74 Å². The Balaban J connectivity index is 2.59. The predicted molar refractivity (Wildman–Crippen MR) is 68.9 cm³/mol. The van der Waals surface area contributed by atoms with Gasteiger partial charge in [-0.3, -0.25) is 0 Å². The van der Waals surface area contributed by atoms with Crippen LogP contribution in [0.5, 0.6) is 0 Å². The van der Waals surface area contributed by atoms with Crippen molar-refractivity contribution in [2.75, 3.05) is 0 Å². The minimum Gasteiger partial charge on any atom is -0.459 e. The van der Waals surface area contributed by atoms with E-state index in [0.29, 0.717) is 5.56 Å². The molecule has 2 nitrogen and oxygen atoms in total. The Morgan fingerprint density at radius 2 is 2.00 bits per heavy atom. The summed E-state index contributed by atoms with van der Waals surface area (Å²) in [6, 6.07) is 7.46. The number of carbonyl (C=O) groups excluding carboxylic acids is 1. The number of ether oxygens (including phenoxy) is 1. The maximum absolute atomic E-state index is 11.7. The zero-order valence-corrected chi connectivity index (χ0v) is 11.3. The van der Waals surface area contributed by atoms with Crippen molar-refractivity contribution in [1.82, 2.24) is 0 Å². The van der Waals surface area contributed by atoms with Crippen LogP contribution < -0.4 is 0 Å². The molecule has 3 heteroatoms. The van der Waals surface area contributed by atoms with Gasteiger partial charge in [0.1, 0.15) is 0 Å². The van der Waals surface area contributed by atoms with Gasteiger partial charge >= 0.3 is 5.97 Å². The number of carbonyl (C=O) groups is 1. The lowest BCUT2D eigenvalue weighted by Crippen LogP contribution is -2.14. The molecule has 1 atom stereocenters. The van der Waals surface area contributed by atoms with Crippen LogP contribution >= 0.6 is 15.9 Å². The molecule has 0 saturated heterocycles. The van der Waals surface area contributed by atoms with Crippen LogP contribution in [0.1, 0.15) is 42.6 Å². The van der Waals surface area contributed by atoms with E-state index in [2.05, 4.69) is 22.9 Å². The van der Waals surface area contributed by atoms with Gasteiger partial charge in [-0.25, -0.2) is 4.79 Å². The van der Waals surface area contributed by atoms with Crippen molar-refractivity contribution in [2.45, 2.75) is 38.1 Å². The van der Waals surface area contributed by atoms with Crippen LogP contribution in [-0.4, -0.2) is 12.1 Å². The highest BCUT2D eigenvalue weighted by molar-refractivity contribution is 9.08. The first-order valence-corrected chi connectivity index (χ1v) is 6.65. The SMILES string of the molecule is CCC[C@H](C)OC(=O)c1ccc(CBr)cc1. The lowest BCUT2D eigenvalue weighted by atomic mass is 10.1. The Labute approximate surface area is 105 Å². The van der Waals surface area contributed by atoms with Gasteiger partial charge in [0.2, 0.25) is 0 Å². The Hall–Kier alpha value is -0.830. The second-order valence-corrected chi connectivity index (χ2v) is 4.40. The summed E-state index contributed by atoms with van der Waals surface area (Å²) in [5, 5.41) is 0.800. The van der Waals surface area contributed by atoms with Gasteiger partial charge in [0.25, 0.3) is 0 Å². The number of alkyl halides is 1. The summed E-state index contributed by atoms with van der Waals surface area (Å²) in [6.07, 6.45) is 1.93. The van der Waals surface area contributed by atoms with Crippen LogP contribution in [0.3, 0.4) is 0 Å². The van der Waals surface area contributed by atoms with Crippen molar-refractivity contribution < 1.29 is 9.53 Å². The van der Waals surface area contributed by atoms with E-state index < -0.39 is 0 Å². The summed E-state index contributed by atoms with van der Waals surface area (Å²) >= 11 is 3.36. The summed E-state index contributed by atoms with van der Waals surface area (Å²) in [5.74, 6) is -0.234. The second kappa shape index (κ2) is 6.69. The van der Waals surface area contributed by atoms with Gasteiger partial charge in [0.05, 0.1) is 11.7 Å². The van der Waals surface area contributed by atoms with Gasteiger partial charge in [-0.05, 0) is 31.0 Å². The topological polar surface area (TPSA) is 26.3 Å². The average molecular weight is 285 g/mol. The molecule has 16 heavy (non-hydrogen) atoms. The van der Waals surface area contributed by atoms with Crippen molar-refractivity contribution in [3.8, 4) is 0 Å². The van der Waals surface area contributed by atoms with E-state index in [1.165, 1.54) is 0 Å². The van der Waals surface area contributed by atoms with Crippen LogP contribution in [0.25, 0.3) is 0 Å². The highest BCUT2D eigenvalue weighted by Gasteiger charge is 2.10. The first kappa shape index (κ1) is 13.2. The molecule has 0 N–H and O–H groups in total. The van der Waals surface area contributed by atoms with Crippen molar-refractivity contribution in [3.63, 3.8) is 0 Å². The molecule has 1 rings (SSSR count). The molecule has 0 amide bonds. The molecule has 0 fully saturated rings. The van der Waals surface area contributed by atoms with E-state index in [-0.39, 0.29) is 12.1 Å². The Morgan fingerprint density at radius 3 is 2.50 bits per heavy atom. The fourth-order valence-electron chi connectivity index (χ4n) is 1.45. The second-order valence-electron chi connectivity index (χ2n) is 3.84. The molecule has 1 aromatic carbocycles. The zero-order chi connectivity index (χ0) is 12.0. The fraction of sp³-hybridized carbons (Fsp3) is 0.462. The van der Waals surface area contributed by atoms with E-state index in [0.717, 1.165) is 23.7 Å². The number of hydrogen-bond acceptors (Lipinski definition) is 2. The van der Waals surface area contributed by atoms with Crippen LogP contribution in [0.15, 0.2) is 24.3 Å². The van der Waals surface area contributed by atoms with Crippen LogP contribution in [0, 0.1) is 0 Å². The minimum absolute atomic E-state index is 0.00616. The van der Waals surface area contributed by atoms with Crippen LogP contribution in [0.2, 0.25) is 0 Å². The number of halogens is 1.